The van der Waals surface area contributed by atoms with Crippen molar-refractivity contribution in [2.45, 2.75) is 64.1 Å². The predicted molar refractivity (Wildman–Crippen MR) is 80.6 cm³/mol. The lowest BCUT2D eigenvalue weighted by Gasteiger charge is -2.39. The third-order valence-corrected chi connectivity index (χ3v) is 5.52. The van der Waals surface area contributed by atoms with Gasteiger partial charge < -0.3 is 10.2 Å². The van der Waals surface area contributed by atoms with Crippen LogP contribution in [0.2, 0.25) is 0 Å². The van der Waals surface area contributed by atoms with Crippen molar-refractivity contribution in [1.29, 1.82) is 0 Å². The average Bonchev–Trinajstić information content (AvgIpc) is 2.80. The van der Waals surface area contributed by atoms with Crippen LogP contribution in [-0.4, -0.2) is 60.0 Å². The van der Waals surface area contributed by atoms with Gasteiger partial charge in [0.1, 0.15) is 0 Å². The summed E-state index contributed by atoms with van der Waals surface area (Å²) >= 11 is 0. The van der Waals surface area contributed by atoms with Gasteiger partial charge in [0.2, 0.25) is 5.91 Å². The fourth-order valence-electron chi connectivity index (χ4n) is 4.45. The molecule has 20 heavy (non-hydrogen) atoms. The van der Waals surface area contributed by atoms with Crippen molar-refractivity contribution in [1.82, 2.24) is 15.1 Å². The summed E-state index contributed by atoms with van der Waals surface area (Å²) in [6.45, 7) is 8.37. The fraction of sp³-hybridized carbons (Fsp3) is 0.938. The van der Waals surface area contributed by atoms with Crippen LogP contribution in [0.1, 0.15) is 46.0 Å². The highest BCUT2D eigenvalue weighted by molar-refractivity contribution is 5.79. The van der Waals surface area contributed by atoms with Gasteiger partial charge in [-0.2, -0.15) is 0 Å². The van der Waals surface area contributed by atoms with Crippen LogP contribution < -0.4 is 5.32 Å². The first kappa shape index (κ1) is 14.3. The number of carbonyl (C=O) groups is 1. The van der Waals surface area contributed by atoms with Crippen LogP contribution in [0.5, 0.6) is 0 Å². The molecule has 3 saturated heterocycles. The van der Waals surface area contributed by atoms with Crippen LogP contribution in [0.4, 0.5) is 0 Å². The Morgan fingerprint density at radius 3 is 2.55 bits per heavy atom. The Morgan fingerprint density at radius 1 is 1.10 bits per heavy atom. The lowest BCUT2D eigenvalue weighted by molar-refractivity contribution is -0.138. The first-order valence-corrected chi connectivity index (χ1v) is 8.42. The number of amides is 1. The zero-order valence-electron chi connectivity index (χ0n) is 13.0. The Labute approximate surface area is 122 Å². The summed E-state index contributed by atoms with van der Waals surface area (Å²) in [6, 6.07) is 1.48. The Bertz CT molecular complexity index is 336. The topological polar surface area (TPSA) is 35.6 Å². The maximum absolute atomic E-state index is 12.6. The molecular formula is C16H29N3O. The van der Waals surface area contributed by atoms with Gasteiger partial charge in [0.25, 0.3) is 0 Å². The zero-order chi connectivity index (χ0) is 14.1. The minimum Gasteiger partial charge on any atom is -0.336 e. The largest absolute Gasteiger partial charge is 0.336 e. The second-order valence-electron chi connectivity index (χ2n) is 7.09. The standard InChI is InChI=1S/C16H29N3O/c1-12-5-3-6-13(2)19(12)16(20)11-18-9-14-7-4-8-17-15(14)10-18/h12-15,17H,3-11H2,1-2H3. The van der Waals surface area contributed by atoms with Crippen LogP contribution in [0.25, 0.3) is 0 Å². The molecule has 3 aliphatic rings. The molecule has 3 fully saturated rings. The summed E-state index contributed by atoms with van der Waals surface area (Å²) in [5, 5.41) is 3.61. The van der Waals surface area contributed by atoms with Gasteiger partial charge in [-0.1, -0.05) is 0 Å². The highest BCUT2D eigenvalue weighted by Crippen LogP contribution is 2.26. The third-order valence-electron chi connectivity index (χ3n) is 5.52. The molecular weight excluding hydrogens is 250 g/mol. The molecule has 0 bridgehead atoms. The van der Waals surface area contributed by atoms with Crippen molar-refractivity contribution in [3.63, 3.8) is 0 Å². The summed E-state index contributed by atoms with van der Waals surface area (Å²) in [4.78, 5) is 17.2. The van der Waals surface area contributed by atoms with E-state index >= 15 is 0 Å². The molecule has 114 valence electrons. The smallest absolute Gasteiger partial charge is 0.237 e. The molecule has 3 rings (SSSR count). The second-order valence-corrected chi connectivity index (χ2v) is 7.09. The molecule has 0 saturated carbocycles. The number of rotatable bonds is 2. The van der Waals surface area contributed by atoms with E-state index in [-0.39, 0.29) is 0 Å². The number of nitrogens with one attached hydrogen (secondary N) is 1. The number of likely N-dealkylation sites (tertiary alicyclic amines) is 2. The Hall–Kier alpha value is -0.610. The van der Waals surface area contributed by atoms with E-state index in [1.807, 2.05) is 0 Å². The number of hydrogen-bond acceptors (Lipinski definition) is 3. The summed E-state index contributed by atoms with van der Waals surface area (Å²) in [7, 11) is 0. The summed E-state index contributed by atoms with van der Waals surface area (Å²) in [5.74, 6) is 1.12. The predicted octanol–water partition coefficient (Wildman–Crippen LogP) is 1.46. The fourth-order valence-corrected chi connectivity index (χ4v) is 4.45. The van der Waals surface area contributed by atoms with E-state index in [1.165, 1.54) is 32.1 Å². The van der Waals surface area contributed by atoms with Gasteiger partial charge in [0.15, 0.2) is 0 Å². The molecule has 4 unspecified atom stereocenters. The SMILES string of the molecule is CC1CCCC(C)N1C(=O)CN1CC2CCCNC2C1. The highest BCUT2D eigenvalue weighted by Gasteiger charge is 2.36. The molecule has 0 radical (unpaired) electrons. The molecule has 3 heterocycles. The van der Waals surface area contributed by atoms with E-state index in [9.17, 15) is 4.79 Å². The molecule has 0 aromatic carbocycles. The van der Waals surface area contributed by atoms with E-state index in [1.54, 1.807) is 0 Å². The molecule has 1 N–H and O–H groups in total. The number of carbonyl (C=O) groups excluding carboxylic acids is 1. The van der Waals surface area contributed by atoms with Gasteiger partial charge >= 0.3 is 0 Å². The van der Waals surface area contributed by atoms with E-state index < -0.39 is 0 Å². The maximum Gasteiger partial charge on any atom is 0.237 e. The zero-order valence-corrected chi connectivity index (χ0v) is 13.0. The maximum atomic E-state index is 12.6. The first-order valence-electron chi connectivity index (χ1n) is 8.42. The van der Waals surface area contributed by atoms with Gasteiger partial charge in [-0.15, -0.1) is 0 Å². The Balaban J connectivity index is 1.56. The summed E-state index contributed by atoms with van der Waals surface area (Å²) in [5.41, 5.74) is 0. The lowest BCUT2D eigenvalue weighted by atomic mass is 9.94. The lowest BCUT2D eigenvalue weighted by Crippen LogP contribution is -2.51. The Morgan fingerprint density at radius 2 is 1.85 bits per heavy atom. The van der Waals surface area contributed by atoms with Crippen LogP contribution in [0.3, 0.4) is 0 Å². The number of piperidine rings is 2. The van der Waals surface area contributed by atoms with Gasteiger partial charge in [-0.25, -0.2) is 0 Å². The van der Waals surface area contributed by atoms with Gasteiger partial charge in [-0.3, -0.25) is 9.69 Å². The van der Waals surface area contributed by atoms with Crippen molar-refractivity contribution in [3.8, 4) is 0 Å². The molecule has 4 nitrogen and oxygen atoms in total. The van der Waals surface area contributed by atoms with Crippen LogP contribution in [0, 0.1) is 5.92 Å². The highest BCUT2D eigenvalue weighted by atomic mass is 16.2. The molecule has 0 aromatic rings. The van der Waals surface area contributed by atoms with Crippen LogP contribution in [0.15, 0.2) is 0 Å². The Kier molecular flexibility index (Phi) is 4.32. The van der Waals surface area contributed by atoms with E-state index in [2.05, 4.69) is 29.0 Å². The summed E-state index contributed by atoms with van der Waals surface area (Å²) < 4.78 is 0. The average molecular weight is 279 g/mol. The van der Waals surface area contributed by atoms with Crippen molar-refractivity contribution >= 4 is 5.91 Å². The third kappa shape index (κ3) is 2.86. The van der Waals surface area contributed by atoms with Gasteiger partial charge in [-0.05, 0) is 58.4 Å². The molecule has 0 aliphatic carbocycles. The molecule has 0 spiro atoms. The van der Waals surface area contributed by atoms with E-state index in [4.69, 9.17) is 0 Å². The van der Waals surface area contributed by atoms with E-state index in [0.717, 1.165) is 25.6 Å². The van der Waals surface area contributed by atoms with Gasteiger partial charge in [0.05, 0.1) is 6.54 Å². The molecule has 4 heteroatoms. The molecule has 4 atom stereocenters. The van der Waals surface area contributed by atoms with E-state index in [0.29, 0.717) is 30.6 Å². The normalized spacial score (nSPS) is 38.8. The monoisotopic (exact) mass is 279 g/mol. The van der Waals surface area contributed by atoms with Crippen LogP contribution in [-0.2, 0) is 4.79 Å². The summed E-state index contributed by atoms with van der Waals surface area (Å²) in [6.07, 6.45) is 6.23. The number of hydrogen-bond donors (Lipinski definition) is 1. The molecule has 1 amide bonds. The van der Waals surface area contributed by atoms with Crippen molar-refractivity contribution < 1.29 is 4.79 Å². The molecule has 3 aliphatic heterocycles. The van der Waals surface area contributed by atoms with Crippen LogP contribution >= 0.6 is 0 Å². The first-order chi connectivity index (χ1) is 9.65. The minimum absolute atomic E-state index is 0.350. The second kappa shape index (κ2) is 6.02. The number of fused-ring (bicyclic) bond motifs is 1. The van der Waals surface area contributed by atoms with Crippen molar-refractivity contribution in [3.05, 3.63) is 0 Å². The van der Waals surface area contributed by atoms with Gasteiger partial charge in [0, 0.05) is 31.2 Å². The number of nitrogens with zero attached hydrogens (tertiary/aromatic N) is 2. The van der Waals surface area contributed by atoms with Crippen molar-refractivity contribution in [2.24, 2.45) is 5.92 Å². The quantitative estimate of drug-likeness (QED) is 0.831. The van der Waals surface area contributed by atoms with Crippen molar-refractivity contribution in [2.75, 3.05) is 26.2 Å². The minimum atomic E-state index is 0.350. The molecule has 0 aromatic heterocycles.